The summed E-state index contributed by atoms with van der Waals surface area (Å²) in [4.78, 5) is 12.5. The Morgan fingerprint density at radius 3 is 2.58 bits per heavy atom. The summed E-state index contributed by atoms with van der Waals surface area (Å²) in [5, 5.41) is 7.20. The molecule has 0 fully saturated rings. The monoisotopic (exact) mass is 469 g/mol. The van der Waals surface area contributed by atoms with Crippen LogP contribution in [0.3, 0.4) is 0 Å². The lowest BCUT2D eigenvalue weighted by Crippen LogP contribution is -2.12. The van der Waals surface area contributed by atoms with Crippen molar-refractivity contribution in [2.24, 2.45) is 0 Å². The zero-order valence-electron chi connectivity index (χ0n) is 17.8. The molecule has 7 nitrogen and oxygen atoms in total. The van der Waals surface area contributed by atoms with Gasteiger partial charge < -0.3 is 19.2 Å². The van der Waals surface area contributed by atoms with Gasteiger partial charge in [-0.3, -0.25) is 9.48 Å². The van der Waals surface area contributed by atoms with Gasteiger partial charge in [0.15, 0.2) is 11.6 Å². The highest BCUT2D eigenvalue weighted by Gasteiger charge is 2.14. The molecule has 0 aliphatic rings. The van der Waals surface area contributed by atoms with E-state index in [0.717, 1.165) is 5.75 Å². The van der Waals surface area contributed by atoms with Crippen molar-refractivity contribution < 1.29 is 23.1 Å². The van der Waals surface area contributed by atoms with E-state index in [1.165, 1.54) is 16.8 Å². The number of benzene rings is 2. The van der Waals surface area contributed by atoms with E-state index in [2.05, 4.69) is 10.4 Å². The Balaban J connectivity index is 1.32. The lowest BCUT2D eigenvalue weighted by atomic mass is 10.2. The van der Waals surface area contributed by atoms with E-state index < -0.39 is 11.7 Å². The molecule has 0 saturated carbocycles. The molecule has 1 N–H and O–H groups in total. The molecule has 2 aromatic carbocycles. The molecule has 0 bridgehead atoms. The van der Waals surface area contributed by atoms with Gasteiger partial charge in [-0.15, -0.1) is 0 Å². The van der Waals surface area contributed by atoms with E-state index >= 15 is 0 Å². The average Bonchev–Trinajstić information content (AvgIpc) is 3.46. The van der Waals surface area contributed by atoms with Crippen molar-refractivity contribution >= 4 is 23.3 Å². The zero-order chi connectivity index (χ0) is 23.2. The van der Waals surface area contributed by atoms with Crippen LogP contribution in [0.4, 0.5) is 10.2 Å². The number of hydrogen-bond donors (Lipinski definition) is 1. The maximum absolute atomic E-state index is 14.0. The summed E-state index contributed by atoms with van der Waals surface area (Å²) in [5.74, 6) is 1.45. The molecule has 4 aromatic rings. The molecule has 2 aromatic heterocycles. The van der Waals surface area contributed by atoms with Crippen LogP contribution >= 0.6 is 11.6 Å². The molecule has 9 heteroatoms. The molecule has 0 aliphatic heterocycles. The predicted octanol–water partition coefficient (Wildman–Crippen LogP) is 5.55. The van der Waals surface area contributed by atoms with Gasteiger partial charge in [0.05, 0.1) is 13.2 Å². The third kappa shape index (κ3) is 5.72. The van der Waals surface area contributed by atoms with Gasteiger partial charge in [0, 0.05) is 22.8 Å². The number of anilines is 1. The fraction of sp³-hybridized carbons (Fsp3) is 0.167. The lowest BCUT2D eigenvalue weighted by Gasteiger charge is -2.06. The van der Waals surface area contributed by atoms with Crippen LogP contribution in [0.15, 0.2) is 71.3 Å². The Morgan fingerprint density at radius 1 is 1.09 bits per heavy atom. The number of ether oxygens (including phenoxy) is 2. The van der Waals surface area contributed by atoms with Gasteiger partial charge in [-0.25, -0.2) is 4.39 Å². The van der Waals surface area contributed by atoms with E-state index in [1.54, 1.807) is 42.6 Å². The van der Waals surface area contributed by atoms with Crippen LogP contribution in [0.1, 0.15) is 28.8 Å². The summed E-state index contributed by atoms with van der Waals surface area (Å²) in [7, 11) is 0. The second kappa shape index (κ2) is 10.2. The molecule has 0 spiro atoms. The van der Waals surface area contributed by atoms with Crippen molar-refractivity contribution in [3.63, 3.8) is 0 Å². The van der Waals surface area contributed by atoms with Crippen LogP contribution < -0.4 is 14.8 Å². The van der Waals surface area contributed by atoms with E-state index in [1.807, 2.05) is 19.1 Å². The van der Waals surface area contributed by atoms with E-state index in [4.69, 9.17) is 25.5 Å². The van der Waals surface area contributed by atoms with Crippen molar-refractivity contribution in [1.29, 1.82) is 0 Å². The number of furan rings is 1. The maximum atomic E-state index is 14.0. The van der Waals surface area contributed by atoms with E-state index in [-0.39, 0.29) is 18.9 Å². The average molecular weight is 470 g/mol. The van der Waals surface area contributed by atoms with Crippen LogP contribution in [-0.4, -0.2) is 22.3 Å². The predicted molar refractivity (Wildman–Crippen MR) is 121 cm³/mol. The molecule has 0 unspecified atom stereocenters. The largest absolute Gasteiger partial charge is 0.494 e. The van der Waals surface area contributed by atoms with Gasteiger partial charge in [-0.2, -0.15) is 5.10 Å². The number of carbonyl (C=O) groups is 1. The quantitative estimate of drug-likeness (QED) is 0.348. The van der Waals surface area contributed by atoms with Crippen molar-refractivity contribution in [3.8, 4) is 11.5 Å². The summed E-state index contributed by atoms with van der Waals surface area (Å²) in [6.45, 7) is 2.81. The molecule has 2 heterocycles. The fourth-order valence-corrected chi connectivity index (χ4v) is 3.29. The molecule has 0 saturated heterocycles. The summed E-state index contributed by atoms with van der Waals surface area (Å²) >= 11 is 6.06. The maximum Gasteiger partial charge on any atom is 0.292 e. The highest BCUT2D eigenvalue weighted by molar-refractivity contribution is 6.31. The van der Waals surface area contributed by atoms with Gasteiger partial charge in [0.25, 0.3) is 5.91 Å². The zero-order valence-corrected chi connectivity index (χ0v) is 18.5. The number of carbonyl (C=O) groups excluding carboxylic acids is 1. The molecule has 4 rings (SSSR count). The van der Waals surface area contributed by atoms with Crippen LogP contribution in [0.5, 0.6) is 11.5 Å². The van der Waals surface area contributed by atoms with E-state index in [0.29, 0.717) is 34.5 Å². The Labute approximate surface area is 194 Å². The highest BCUT2D eigenvalue weighted by Crippen LogP contribution is 2.21. The number of amides is 1. The summed E-state index contributed by atoms with van der Waals surface area (Å²) in [6.07, 6.45) is 1.62. The molecule has 0 atom stereocenters. The minimum atomic E-state index is -0.462. The van der Waals surface area contributed by atoms with Crippen LogP contribution in [-0.2, 0) is 13.2 Å². The van der Waals surface area contributed by atoms with Crippen LogP contribution in [0.25, 0.3) is 0 Å². The summed E-state index contributed by atoms with van der Waals surface area (Å²) in [5.41, 5.74) is 0.323. The minimum Gasteiger partial charge on any atom is -0.494 e. The Bertz CT molecular complexity index is 1220. The molecular weight excluding hydrogens is 449 g/mol. The van der Waals surface area contributed by atoms with Crippen LogP contribution in [0, 0.1) is 5.82 Å². The van der Waals surface area contributed by atoms with E-state index in [9.17, 15) is 9.18 Å². The van der Waals surface area contributed by atoms with Crippen molar-refractivity contribution in [3.05, 3.63) is 94.8 Å². The second-order valence-electron chi connectivity index (χ2n) is 7.01. The molecule has 0 radical (unpaired) electrons. The normalized spacial score (nSPS) is 10.8. The van der Waals surface area contributed by atoms with Gasteiger partial charge in [0.2, 0.25) is 0 Å². The minimum absolute atomic E-state index is 0.118. The molecular formula is C24H21ClFN3O4. The Kier molecular flexibility index (Phi) is 6.95. The molecule has 170 valence electrons. The van der Waals surface area contributed by atoms with Crippen molar-refractivity contribution in [2.75, 3.05) is 11.9 Å². The first kappa shape index (κ1) is 22.4. The van der Waals surface area contributed by atoms with Crippen molar-refractivity contribution in [2.45, 2.75) is 20.1 Å². The first-order valence-electron chi connectivity index (χ1n) is 10.2. The second-order valence-corrected chi connectivity index (χ2v) is 7.42. The third-order valence-corrected chi connectivity index (χ3v) is 5.02. The highest BCUT2D eigenvalue weighted by atomic mass is 35.5. The number of aromatic nitrogens is 2. The molecule has 0 aliphatic carbocycles. The van der Waals surface area contributed by atoms with Gasteiger partial charge in [-0.05, 0) is 55.5 Å². The number of nitrogens with zero attached hydrogens (tertiary/aromatic N) is 2. The Hall–Kier alpha value is -3.78. The van der Waals surface area contributed by atoms with Gasteiger partial charge in [-0.1, -0.05) is 17.7 Å². The third-order valence-electron chi connectivity index (χ3n) is 4.67. The fourth-order valence-electron chi connectivity index (χ4n) is 3.07. The molecule has 33 heavy (non-hydrogen) atoms. The van der Waals surface area contributed by atoms with Crippen molar-refractivity contribution in [1.82, 2.24) is 9.78 Å². The number of nitrogens with one attached hydrogen (secondary N) is 1. The van der Waals surface area contributed by atoms with Crippen LogP contribution in [0.2, 0.25) is 5.02 Å². The Morgan fingerprint density at radius 2 is 1.85 bits per heavy atom. The first-order valence-corrected chi connectivity index (χ1v) is 10.6. The molecule has 1 amide bonds. The van der Waals surface area contributed by atoms with Gasteiger partial charge >= 0.3 is 0 Å². The number of hydrogen-bond acceptors (Lipinski definition) is 5. The topological polar surface area (TPSA) is 78.5 Å². The SMILES string of the molecule is CCOc1ccc(OCc2ccc(C(=O)Nc3ccn(Cc4c(F)cccc4Cl)n3)o2)cc1. The summed E-state index contributed by atoms with van der Waals surface area (Å²) in [6, 6.07) is 16.5. The number of halogens is 2. The lowest BCUT2D eigenvalue weighted by molar-refractivity contribution is 0.0992. The first-order chi connectivity index (χ1) is 16.0. The number of rotatable bonds is 9. The standard InChI is InChI=1S/C24H21ClFN3O4/c1-2-31-16-6-8-17(9-7-16)32-15-18-10-11-22(33-18)24(30)27-23-12-13-29(28-23)14-19-20(25)4-3-5-21(19)26/h3-13H,2,14-15H2,1H3,(H,27,28,30). The summed E-state index contributed by atoms with van der Waals surface area (Å²) < 4.78 is 32.1. The van der Waals surface area contributed by atoms with Gasteiger partial charge in [0.1, 0.15) is 29.7 Å². The smallest absolute Gasteiger partial charge is 0.292 e.